The minimum absolute atomic E-state index is 0.222. The lowest BCUT2D eigenvalue weighted by molar-refractivity contribution is 0.102. The third kappa shape index (κ3) is 3.81. The minimum Gasteiger partial charge on any atom is -0.351 e. The van der Waals surface area contributed by atoms with Crippen LogP contribution in [0.15, 0.2) is 42.6 Å². The highest BCUT2D eigenvalue weighted by molar-refractivity contribution is 6.02. The number of hydrogen-bond acceptors (Lipinski definition) is 4. The minimum atomic E-state index is -0.222. The lowest BCUT2D eigenvalue weighted by atomic mass is 9.96. The van der Waals surface area contributed by atoms with E-state index in [0.717, 1.165) is 18.5 Å². The highest BCUT2D eigenvalue weighted by atomic mass is 16.1. The Morgan fingerprint density at radius 3 is 2.59 bits per heavy atom. The summed E-state index contributed by atoms with van der Waals surface area (Å²) in [6.07, 6.45) is 7.70. The van der Waals surface area contributed by atoms with Gasteiger partial charge in [0, 0.05) is 17.9 Å². The van der Waals surface area contributed by atoms with Gasteiger partial charge in [-0.3, -0.25) is 4.79 Å². The smallest absolute Gasteiger partial charge is 0.274 e. The first-order valence-corrected chi connectivity index (χ1v) is 7.77. The van der Waals surface area contributed by atoms with Gasteiger partial charge in [-0.05, 0) is 31.0 Å². The van der Waals surface area contributed by atoms with Crippen molar-refractivity contribution < 1.29 is 4.79 Å². The Balaban J connectivity index is 1.66. The quantitative estimate of drug-likeness (QED) is 0.906. The molecular weight excluding hydrogens is 276 g/mol. The summed E-state index contributed by atoms with van der Waals surface area (Å²) in [5, 5.41) is 6.17. The average molecular weight is 296 g/mol. The number of aromatic nitrogens is 2. The number of nitrogens with zero attached hydrogens (tertiary/aromatic N) is 2. The van der Waals surface area contributed by atoms with Crippen molar-refractivity contribution in [2.45, 2.75) is 38.1 Å². The van der Waals surface area contributed by atoms with Crippen LogP contribution in [0.2, 0.25) is 0 Å². The first-order chi connectivity index (χ1) is 10.8. The fourth-order valence-corrected chi connectivity index (χ4v) is 2.70. The fourth-order valence-electron chi connectivity index (χ4n) is 2.70. The van der Waals surface area contributed by atoms with Crippen LogP contribution in [-0.4, -0.2) is 21.9 Å². The number of anilines is 2. The summed E-state index contributed by atoms with van der Waals surface area (Å²) in [6, 6.07) is 11.4. The summed E-state index contributed by atoms with van der Waals surface area (Å²) < 4.78 is 0. The van der Waals surface area contributed by atoms with Gasteiger partial charge in [0.1, 0.15) is 5.69 Å². The zero-order valence-corrected chi connectivity index (χ0v) is 12.5. The summed E-state index contributed by atoms with van der Waals surface area (Å²) in [5.41, 5.74) is 1.13. The molecule has 0 spiro atoms. The lowest BCUT2D eigenvalue weighted by Gasteiger charge is -2.22. The fraction of sp³-hybridized carbons (Fsp3) is 0.353. The van der Waals surface area contributed by atoms with E-state index in [0.29, 0.717) is 17.7 Å². The van der Waals surface area contributed by atoms with Crippen LogP contribution in [0, 0.1) is 0 Å². The van der Waals surface area contributed by atoms with Gasteiger partial charge >= 0.3 is 0 Å². The number of benzene rings is 1. The van der Waals surface area contributed by atoms with E-state index in [2.05, 4.69) is 20.6 Å². The molecule has 2 N–H and O–H groups in total. The summed E-state index contributed by atoms with van der Waals surface area (Å²) in [4.78, 5) is 20.8. The Hall–Kier alpha value is -2.43. The Bertz CT molecular complexity index is 624. The van der Waals surface area contributed by atoms with Gasteiger partial charge in [0.05, 0.1) is 0 Å². The maximum atomic E-state index is 12.2. The third-order valence-corrected chi connectivity index (χ3v) is 3.86. The van der Waals surface area contributed by atoms with E-state index >= 15 is 0 Å². The highest BCUT2D eigenvalue weighted by Gasteiger charge is 2.15. The van der Waals surface area contributed by atoms with Gasteiger partial charge in [-0.1, -0.05) is 37.5 Å². The molecule has 2 aromatic rings. The second-order valence-corrected chi connectivity index (χ2v) is 5.56. The molecule has 22 heavy (non-hydrogen) atoms. The zero-order chi connectivity index (χ0) is 15.2. The zero-order valence-electron chi connectivity index (χ0n) is 12.5. The number of carbonyl (C=O) groups is 1. The largest absolute Gasteiger partial charge is 0.351 e. The molecule has 1 aliphatic carbocycles. The molecule has 5 nitrogen and oxygen atoms in total. The molecule has 114 valence electrons. The lowest BCUT2D eigenvalue weighted by Crippen LogP contribution is -2.24. The summed E-state index contributed by atoms with van der Waals surface area (Å²) in [6.45, 7) is 0. The van der Waals surface area contributed by atoms with Crippen molar-refractivity contribution in [3.63, 3.8) is 0 Å². The molecule has 0 atom stereocenters. The van der Waals surface area contributed by atoms with Crippen molar-refractivity contribution in [3.8, 4) is 0 Å². The van der Waals surface area contributed by atoms with Gasteiger partial charge in [-0.2, -0.15) is 0 Å². The number of nitrogens with one attached hydrogen (secondary N) is 2. The van der Waals surface area contributed by atoms with E-state index in [1.54, 1.807) is 12.3 Å². The molecule has 0 bridgehead atoms. The van der Waals surface area contributed by atoms with E-state index in [-0.39, 0.29) is 5.91 Å². The molecule has 3 rings (SSSR count). The molecule has 1 aromatic heterocycles. The van der Waals surface area contributed by atoms with Crippen LogP contribution < -0.4 is 10.6 Å². The SMILES string of the molecule is O=C(Nc1ccccc1)c1ccnc(NC2CCCCC2)n1. The molecule has 0 radical (unpaired) electrons. The normalized spacial score (nSPS) is 15.3. The van der Waals surface area contributed by atoms with Crippen LogP contribution in [0.3, 0.4) is 0 Å². The van der Waals surface area contributed by atoms with Crippen molar-refractivity contribution >= 4 is 17.5 Å². The van der Waals surface area contributed by atoms with Crippen LogP contribution in [0.25, 0.3) is 0 Å². The van der Waals surface area contributed by atoms with Gasteiger partial charge in [-0.25, -0.2) is 9.97 Å². The van der Waals surface area contributed by atoms with Crippen LogP contribution in [0.1, 0.15) is 42.6 Å². The van der Waals surface area contributed by atoms with Crippen LogP contribution >= 0.6 is 0 Å². The van der Waals surface area contributed by atoms with Crippen molar-refractivity contribution in [3.05, 3.63) is 48.3 Å². The van der Waals surface area contributed by atoms with Gasteiger partial charge in [-0.15, -0.1) is 0 Å². The van der Waals surface area contributed by atoms with Crippen LogP contribution in [0.4, 0.5) is 11.6 Å². The molecule has 1 fully saturated rings. The van der Waals surface area contributed by atoms with Crippen molar-refractivity contribution in [1.29, 1.82) is 0 Å². The average Bonchev–Trinajstić information content (AvgIpc) is 2.57. The van der Waals surface area contributed by atoms with E-state index in [1.807, 2.05) is 30.3 Å². The molecule has 1 heterocycles. The molecule has 5 heteroatoms. The topological polar surface area (TPSA) is 66.9 Å². The van der Waals surface area contributed by atoms with Gasteiger partial charge in [0.25, 0.3) is 5.91 Å². The van der Waals surface area contributed by atoms with E-state index < -0.39 is 0 Å². The summed E-state index contributed by atoms with van der Waals surface area (Å²) in [7, 11) is 0. The molecule has 1 aromatic carbocycles. The second kappa shape index (κ2) is 7.02. The molecule has 0 aliphatic heterocycles. The highest BCUT2D eigenvalue weighted by Crippen LogP contribution is 2.20. The summed E-state index contributed by atoms with van der Waals surface area (Å²) in [5.74, 6) is 0.313. The van der Waals surface area contributed by atoms with Gasteiger partial charge in [0.15, 0.2) is 0 Å². The van der Waals surface area contributed by atoms with E-state index in [9.17, 15) is 4.79 Å². The third-order valence-electron chi connectivity index (χ3n) is 3.86. The van der Waals surface area contributed by atoms with Gasteiger partial charge < -0.3 is 10.6 Å². The number of para-hydroxylation sites is 1. The standard InChI is InChI=1S/C17H20N4O/c22-16(19-13-7-3-1-4-8-13)15-11-12-18-17(21-15)20-14-9-5-2-6-10-14/h1,3-4,7-8,11-12,14H,2,5-6,9-10H2,(H,19,22)(H,18,20,21). The van der Waals surface area contributed by atoms with Crippen LogP contribution in [0.5, 0.6) is 0 Å². The monoisotopic (exact) mass is 296 g/mol. The molecular formula is C17H20N4O. The van der Waals surface area contributed by atoms with Gasteiger partial charge in [0.2, 0.25) is 5.95 Å². The van der Waals surface area contributed by atoms with Crippen LogP contribution in [-0.2, 0) is 0 Å². The number of rotatable bonds is 4. The molecule has 0 unspecified atom stereocenters. The predicted octanol–water partition coefficient (Wildman–Crippen LogP) is 3.47. The second-order valence-electron chi connectivity index (χ2n) is 5.56. The Morgan fingerprint density at radius 2 is 1.82 bits per heavy atom. The van der Waals surface area contributed by atoms with E-state index in [1.165, 1.54) is 19.3 Å². The summed E-state index contributed by atoms with van der Waals surface area (Å²) >= 11 is 0. The van der Waals surface area contributed by atoms with Crippen molar-refractivity contribution in [2.75, 3.05) is 10.6 Å². The molecule has 1 aliphatic rings. The Kier molecular flexibility index (Phi) is 4.63. The number of hydrogen-bond donors (Lipinski definition) is 2. The Labute approximate surface area is 130 Å². The number of carbonyl (C=O) groups excluding carboxylic acids is 1. The molecule has 1 amide bonds. The molecule has 1 saturated carbocycles. The first kappa shape index (κ1) is 14.5. The Morgan fingerprint density at radius 1 is 1.05 bits per heavy atom. The van der Waals surface area contributed by atoms with Crippen molar-refractivity contribution in [1.82, 2.24) is 9.97 Å². The predicted molar refractivity (Wildman–Crippen MR) is 86.9 cm³/mol. The number of amides is 1. The maximum absolute atomic E-state index is 12.2. The molecule has 0 saturated heterocycles. The first-order valence-electron chi connectivity index (χ1n) is 7.77. The van der Waals surface area contributed by atoms with E-state index in [4.69, 9.17) is 0 Å². The van der Waals surface area contributed by atoms with Crippen molar-refractivity contribution in [2.24, 2.45) is 0 Å². The maximum Gasteiger partial charge on any atom is 0.274 e.